The minimum Gasteiger partial charge on any atom is -0.481 e. The molecule has 2 aliphatic rings. The van der Waals surface area contributed by atoms with Gasteiger partial charge in [0, 0.05) is 10.9 Å². The quantitative estimate of drug-likeness (QED) is 0.515. The smallest absolute Gasteiger partial charge is 0.306 e. The van der Waals surface area contributed by atoms with Gasteiger partial charge >= 0.3 is 5.97 Å². The Bertz CT molecular complexity index is 1050. The van der Waals surface area contributed by atoms with Crippen molar-refractivity contribution in [2.75, 3.05) is 0 Å². The maximum Gasteiger partial charge on any atom is 0.306 e. The zero-order valence-electron chi connectivity index (χ0n) is 14.9. The number of rotatable bonds is 4. The van der Waals surface area contributed by atoms with Gasteiger partial charge in [0.25, 0.3) is 5.91 Å². The van der Waals surface area contributed by atoms with Crippen LogP contribution in [0.25, 0.3) is 17.2 Å². The number of hydrogen-bond donors (Lipinski definition) is 1. The van der Waals surface area contributed by atoms with Gasteiger partial charge in [0.05, 0.1) is 10.8 Å². The van der Waals surface area contributed by atoms with Crippen molar-refractivity contribution in [2.24, 2.45) is 5.92 Å². The van der Waals surface area contributed by atoms with Gasteiger partial charge in [-0.1, -0.05) is 30.0 Å². The molecule has 1 aliphatic carbocycles. The first-order valence-electron chi connectivity index (χ1n) is 8.87. The summed E-state index contributed by atoms with van der Waals surface area (Å²) >= 11 is 7.95. The molecule has 2 atom stereocenters. The third kappa shape index (κ3) is 3.99. The molecule has 2 aromatic rings. The van der Waals surface area contributed by atoms with Gasteiger partial charge in [-0.05, 0) is 60.0 Å². The molecule has 1 N–H and O–H groups in total. The van der Waals surface area contributed by atoms with Crippen molar-refractivity contribution < 1.29 is 23.5 Å². The fourth-order valence-electron chi connectivity index (χ4n) is 3.60. The largest absolute Gasteiger partial charge is 0.481 e. The van der Waals surface area contributed by atoms with Crippen molar-refractivity contribution in [1.29, 1.82) is 0 Å². The summed E-state index contributed by atoms with van der Waals surface area (Å²) in [6, 6.07) is 5.34. The minimum atomic E-state index is -0.910. The molecule has 1 saturated carbocycles. The van der Waals surface area contributed by atoms with E-state index in [4.69, 9.17) is 12.2 Å². The average Bonchev–Trinajstić information content (AvgIpc) is 3.38. The Morgan fingerprint density at radius 2 is 2.00 bits per heavy atom. The number of carbonyl (C=O) groups excluding carboxylic acids is 1. The summed E-state index contributed by atoms with van der Waals surface area (Å²) in [6.07, 6.45) is 3.31. The summed E-state index contributed by atoms with van der Waals surface area (Å²) in [5, 5.41) is 11.0. The number of benzene rings is 1. The Kier molecular flexibility index (Phi) is 5.54. The number of thiocarbonyl (C=S) groups is 1. The van der Waals surface area contributed by atoms with Crippen LogP contribution in [0.3, 0.4) is 0 Å². The standard InChI is InChI=1S/C20H15F2NO3S3/c21-15-4-2-10(7-16(15)22)12-6-14(28-9-12)8-17-18(24)23(20(27)29-17)13-3-1-11(5-13)19(25)26/h2,4,6-9,11,13H,1,3,5H2,(H,25,26)/t11-,13+/m1/s1. The molecule has 1 saturated heterocycles. The van der Waals surface area contributed by atoms with E-state index in [9.17, 15) is 23.5 Å². The van der Waals surface area contributed by atoms with Gasteiger partial charge in [-0.2, -0.15) is 0 Å². The summed E-state index contributed by atoms with van der Waals surface area (Å²) in [6.45, 7) is 0. The number of aliphatic carboxylic acids is 1. The predicted molar refractivity (Wildman–Crippen MR) is 113 cm³/mol. The van der Waals surface area contributed by atoms with Crippen LogP contribution < -0.4 is 0 Å². The Morgan fingerprint density at radius 3 is 2.69 bits per heavy atom. The Labute approximate surface area is 179 Å². The van der Waals surface area contributed by atoms with Crippen LogP contribution in [0, 0.1) is 17.6 Å². The molecule has 4 rings (SSSR count). The van der Waals surface area contributed by atoms with Crippen molar-refractivity contribution in [3.63, 3.8) is 0 Å². The summed E-state index contributed by atoms with van der Waals surface area (Å²) in [5.74, 6) is -3.29. The zero-order chi connectivity index (χ0) is 20.7. The number of thioether (sulfide) groups is 1. The van der Waals surface area contributed by atoms with Crippen molar-refractivity contribution in [1.82, 2.24) is 4.90 Å². The van der Waals surface area contributed by atoms with Crippen LogP contribution in [0.5, 0.6) is 0 Å². The molecule has 0 spiro atoms. The topological polar surface area (TPSA) is 57.6 Å². The van der Waals surface area contributed by atoms with E-state index in [0.29, 0.717) is 34.1 Å². The first kappa shape index (κ1) is 20.2. The van der Waals surface area contributed by atoms with E-state index in [1.165, 1.54) is 29.2 Å². The van der Waals surface area contributed by atoms with Gasteiger partial charge in [0.1, 0.15) is 4.32 Å². The van der Waals surface area contributed by atoms with Crippen molar-refractivity contribution in [3.8, 4) is 11.1 Å². The fraction of sp³-hybridized carbons (Fsp3) is 0.250. The summed E-state index contributed by atoms with van der Waals surface area (Å²) in [5.41, 5.74) is 1.29. The fourth-order valence-corrected chi connectivity index (χ4v) is 5.91. The van der Waals surface area contributed by atoms with Crippen LogP contribution in [0.15, 0.2) is 34.6 Å². The lowest BCUT2D eigenvalue weighted by Gasteiger charge is -2.22. The van der Waals surface area contributed by atoms with Crippen molar-refractivity contribution in [2.45, 2.75) is 25.3 Å². The molecular formula is C20H15F2NO3S3. The lowest BCUT2D eigenvalue weighted by atomic mass is 10.1. The highest BCUT2D eigenvalue weighted by molar-refractivity contribution is 8.26. The summed E-state index contributed by atoms with van der Waals surface area (Å²) < 4.78 is 27.0. The molecule has 9 heteroatoms. The SMILES string of the molecule is O=C(O)[C@@H]1CC[C@H](N2C(=O)C(=Cc3cc(-c4ccc(F)c(F)c4)cs3)SC2=S)C1. The molecule has 2 heterocycles. The van der Waals surface area contributed by atoms with Gasteiger partial charge in [0.2, 0.25) is 0 Å². The molecule has 1 aromatic heterocycles. The molecule has 2 fully saturated rings. The molecule has 150 valence electrons. The number of nitrogens with zero attached hydrogens (tertiary/aromatic N) is 1. The van der Waals surface area contributed by atoms with Crippen LogP contribution in [-0.2, 0) is 9.59 Å². The normalized spacial score (nSPS) is 23.4. The Hall–Kier alpha value is -2.10. The third-order valence-electron chi connectivity index (χ3n) is 5.09. The van der Waals surface area contributed by atoms with Crippen LogP contribution >= 0.6 is 35.3 Å². The highest BCUT2D eigenvalue weighted by Gasteiger charge is 2.42. The highest BCUT2D eigenvalue weighted by atomic mass is 32.2. The molecule has 29 heavy (non-hydrogen) atoms. The second kappa shape index (κ2) is 7.97. The van der Waals surface area contributed by atoms with E-state index in [2.05, 4.69) is 0 Å². The van der Waals surface area contributed by atoms with Crippen molar-refractivity contribution in [3.05, 3.63) is 51.1 Å². The lowest BCUT2D eigenvalue weighted by molar-refractivity contribution is -0.141. The lowest BCUT2D eigenvalue weighted by Crippen LogP contribution is -2.37. The van der Waals surface area contributed by atoms with E-state index < -0.39 is 23.5 Å². The molecule has 0 radical (unpaired) electrons. The maximum atomic E-state index is 13.5. The van der Waals surface area contributed by atoms with Gasteiger partial charge in [-0.3, -0.25) is 14.5 Å². The summed E-state index contributed by atoms with van der Waals surface area (Å²) in [7, 11) is 0. The summed E-state index contributed by atoms with van der Waals surface area (Å²) in [4.78, 5) is 26.9. The van der Waals surface area contributed by atoms with E-state index in [0.717, 1.165) is 22.6 Å². The van der Waals surface area contributed by atoms with Gasteiger partial charge in [0.15, 0.2) is 11.6 Å². The van der Waals surface area contributed by atoms with E-state index in [1.54, 1.807) is 17.0 Å². The van der Waals surface area contributed by atoms with E-state index >= 15 is 0 Å². The number of carboxylic acids is 1. The molecule has 4 nitrogen and oxygen atoms in total. The zero-order valence-corrected chi connectivity index (χ0v) is 17.4. The van der Waals surface area contributed by atoms with E-state index in [-0.39, 0.29) is 11.9 Å². The molecular weight excluding hydrogens is 436 g/mol. The predicted octanol–water partition coefficient (Wildman–Crippen LogP) is 5.15. The molecule has 1 amide bonds. The van der Waals surface area contributed by atoms with Gasteiger partial charge < -0.3 is 5.11 Å². The van der Waals surface area contributed by atoms with Gasteiger partial charge in [-0.25, -0.2) is 8.78 Å². The van der Waals surface area contributed by atoms with Crippen LogP contribution in [0.4, 0.5) is 8.78 Å². The Morgan fingerprint density at radius 1 is 1.21 bits per heavy atom. The van der Waals surface area contributed by atoms with Crippen LogP contribution in [-0.4, -0.2) is 32.2 Å². The van der Waals surface area contributed by atoms with Crippen LogP contribution in [0.1, 0.15) is 24.1 Å². The second-order valence-electron chi connectivity index (χ2n) is 6.92. The number of carbonyl (C=O) groups is 2. The first-order chi connectivity index (χ1) is 13.8. The highest BCUT2D eigenvalue weighted by Crippen LogP contribution is 2.40. The van der Waals surface area contributed by atoms with Gasteiger partial charge in [-0.15, -0.1) is 11.3 Å². The first-order valence-corrected chi connectivity index (χ1v) is 11.0. The maximum absolute atomic E-state index is 13.5. The second-order valence-corrected chi connectivity index (χ2v) is 9.54. The average molecular weight is 452 g/mol. The molecule has 0 bridgehead atoms. The number of thiophene rings is 1. The molecule has 1 aromatic carbocycles. The van der Waals surface area contributed by atoms with Crippen LogP contribution in [0.2, 0.25) is 0 Å². The van der Waals surface area contributed by atoms with E-state index in [1.807, 2.05) is 5.38 Å². The number of hydrogen-bond acceptors (Lipinski definition) is 5. The number of halogens is 2. The number of carboxylic acid groups (broad SMARTS) is 1. The Balaban J connectivity index is 1.53. The minimum absolute atomic E-state index is 0.185. The van der Waals surface area contributed by atoms with Crippen molar-refractivity contribution >= 4 is 57.6 Å². The number of amides is 1. The molecule has 0 unspecified atom stereocenters. The molecule has 1 aliphatic heterocycles. The monoisotopic (exact) mass is 451 g/mol. The third-order valence-corrected chi connectivity index (χ3v) is 7.30.